The Morgan fingerprint density at radius 3 is 2.96 bits per heavy atom. The number of carbonyl (C=O) groups excluding carboxylic acids is 1. The number of hydrogen-bond acceptors (Lipinski definition) is 4. The molecule has 0 aliphatic heterocycles. The number of aryl methyl sites for hydroxylation is 2. The van der Waals surface area contributed by atoms with Crippen LogP contribution >= 0.6 is 11.3 Å². The highest BCUT2D eigenvalue weighted by Gasteiger charge is 2.12. The molecule has 0 saturated carbocycles. The Morgan fingerprint density at radius 2 is 2.30 bits per heavy atom. The van der Waals surface area contributed by atoms with Gasteiger partial charge >= 0.3 is 5.91 Å². The Morgan fingerprint density at radius 1 is 1.48 bits per heavy atom. The Kier molecular flexibility index (Phi) is 4.25. The summed E-state index contributed by atoms with van der Waals surface area (Å²) in [6.45, 7) is 8.26. The monoisotopic (exact) mass is 327 g/mol. The van der Waals surface area contributed by atoms with Gasteiger partial charge in [0.15, 0.2) is 4.80 Å². The summed E-state index contributed by atoms with van der Waals surface area (Å²) in [6, 6.07) is 7.89. The van der Waals surface area contributed by atoms with Crippen molar-refractivity contribution in [2.75, 3.05) is 0 Å². The van der Waals surface area contributed by atoms with Gasteiger partial charge in [0.05, 0.1) is 15.9 Å². The molecule has 0 radical (unpaired) electrons. The number of thiazole rings is 1. The fourth-order valence-electron chi connectivity index (χ4n) is 2.33. The highest BCUT2D eigenvalue weighted by molar-refractivity contribution is 7.16. The van der Waals surface area contributed by atoms with Crippen LogP contribution in [0.25, 0.3) is 10.2 Å². The lowest BCUT2D eigenvalue weighted by Gasteiger charge is -2.01. The second-order valence-corrected chi connectivity index (χ2v) is 6.20. The Bertz CT molecular complexity index is 946. The number of nitrogens with zero attached hydrogens (tertiary/aromatic N) is 3. The lowest BCUT2D eigenvalue weighted by atomic mass is 10.2. The molecule has 0 saturated heterocycles. The number of benzene rings is 1. The number of aromatic nitrogens is 2. The van der Waals surface area contributed by atoms with Crippen molar-refractivity contribution in [3.63, 3.8) is 0 Å². The molecule has 3 rings (SSSR count). The highest BCUT2D eigenvalue weighted by Crippen LogP contribution is 2.20. The van der Waals surface area contributed by atoms with E-state index in [4.69, 9.17) is 4.52 Å². The van der Waals surface area contributed by atoms with Crippen molar-refractivity contribution in [3.05, 3.63) is 58.7 Å². The van der Waals surface area contributed by atoms with E-state index in [-0.39, 0.29) is 5.76 Å². The molecule has 1 aromatic carbocycles. The van der Waals surface area contributed by atoms with Gasteiger partial charge in [-0.15, -0.1) is 6.58 Å². The third-order valence-electron chi connectivity index (χ3n) is 3.50. The minimum absolute atomic E-state index is 0.152. The van der Waals surface area contributed by atoms with E-state index in [9.17, 15) is 4.79 Å². The molecule has 2 heterocycles. The molecule has 0 unspecified atom stereocenters. The van der Waals surface area contributed by atoms with E-state index in [0.717, 1.165) is 16.6 Å². The zero-order valence-electron chi connectivity index (χ0n) is 13.1. The van der Waals surface area contributed by atoms with E-state index in [1.54, 1.807) is 19.1 Å². The van der Waals surface area contributed by atoms with E-state index in [0.29, 0.717) is 17.0 Å². The van der Waals surface area contributed by atoms with Gasteiger partial charge in [-0.2, -0.15) is 4.99 Å². The maximum atomic E-state index is 12.3. The van der Waals surface area contributed by atoms with Crippen molar-refractivity contribution >= 4 is 27.5 Å². The summed E-state index contributed by atoms with van der Waals surface area (Å²) in [4.78, 5) is 17.1. The van der Waals surface area contributed by atoms with Crippen LogP contribution in [0.4, 0.5) is 0 Å². The summed E-state index contributed by atoms with van der Waals surface area (Å²) in [5.41, 5.74) is 2.96. The molecule has 1 amide bonds. The van der Waals surface area contributed by atoms with Gasteiger partial charge in [-0.3, -0.25) is 4.79 Å². The first-order valence-electron chi connectivity index (χ1n) is 7.38. The smallest absolute Gasteiger partial charge is 0.318 e. The molecule has 5 nitrogen and oxygen atoms in total. The van der Waals surface area contributed by atoms with E-state index in [1.807, 2.05) is 4.57 Å². The third kappa shape index (κ3) is 3.03. The van der Waals surface area contributed by atoms with Gasteiger partial charge < -0.3 is 9.09 Å². The number of allylic oxidation sites excluding steroid dienone is 1. The van der Waals surface area contributed by atoms with Crippen molar-refractivity contribution in [2.24, 2.45) is 4.99 Å². The van der Waals surface area contributed by atoms with Crippen LogP contribution < -0.4 is 4.80 Å². The molecule has 3 aromatic rings. The minimum Gasteiger partial charge on any atom is -0.351 e. The van der Waals surface area contributed by atoms with Gasteiger partial charge in [0, 0.05) is 12.6 Å². The zero-order valence-corrected chi connectivity index (χ0v) is 13.9. The first-order chi connectivity index (χ1) is 11.1. The van der Waals surface area contributed by atoms with Crippen LogP contribution in [0.2, 0.25) is 0 Å². The van der Waals surface area contributed by atoms with Crippen LogP contribution in [0.3, 0.4) is 0 Å². The fraction of sp³-hybridized carbons (Fsp3) is 0.235. The highest BCUT2D eigenvalue weighted by atomic mass is 32.1. The molecule has 118 valence electrons. The van der Waals surface area contributed by atoms with Crippen molar-refractivity contribution in [1.29, 1.82) is 0 Å². The summed E-state index contributed by atoms with van der Waals surface area (Å²) in [5, 5.41) is 3.73. The number of carbonyl (C=O) groups is 1. The Hall–Kier alpha value is -2.47. The fourth-order valence-corrected chi connectivity index (χ4v) is 3.44. The zero-order chi connectivity index (χ0) is 16.4. The van der Waals surface area contributed by atoms with Crippen LogP contribution in [0, 0.1) is 6.92 Å². The molecule has 23 heavy (non-hydrogen) atoms. The normalized spacial score (nSPS) is 12.0. The first-order valence-corrected chi connectivity index (χ1v) is 8.19. The first kappa shape index (κ1) is 15.4. The van der Waals surface area contributed by atoms with Crippen molar-refractivity contribution in [1.82, 2.24) is 9.72 Å². The average Bonchev–Trinajstić information content (AvgIpc) is 3.11. The van der Waals surface area contributed by atoms with Gasteiger partial charge in [-0.1, -0.05) is 35.6 Å². The van der Waals surface area contributed by atoms with E-state index >= 15 is 0 Å². The van der Waals surface area contributed by atoms with Gasteiger partial charge in [0.25, 0.3) is 0 Å². The third-order valence-corrected chi connectivity index (χ3v) is 4.54. The standard InChI is InChI=1S/C17H17N3O2S/c1-4-8-20-13-7-6-12(5-2)10-15(13)23-17(20)18-16(21)14-9-11(3)19-22-14/h4,6-7,9-10H,1,5,8H2,2-3H3. The van der Waals surface area contributed by atoms with Crippen LogP contribution in [-0.2, 0) is 13.0 Å². The molecule has 0 atom stereocenters. The molecule has 0 N–H and O–H groups in total. The molecule has 0 fully saturated rings. The predicted octanol–water partition coefficient (Wildman–Crippen LogP) is 3.49. The summed E-state index contributed by atoms with van der Waals surface area (Å²) in [6.07, 6.45) is 2.76. The Balaban J connectivity index is 2.15. The number of rotatable bonds is 4. The average molecular weight is 327 g/mol. The van der Waals surface area contributed by atoms with E-state index < -0.39 is 5.91 Å². The molecule has 0 spiro atoms. The number of fused-ring (bicyclic) bond motifs is 1. The second-order valence-electron chi connectivity index (χ2n) is 5.19. The number of amides is 1. The van der Waals surface area contributed by atoms with Crippen LogP contribution in [0.5, 0.6) is 0 Å². The molecule has 6 heteroatoms. The maximum Gasteiger partial charge on any atom is 0.318 e. The van der Waals surface area contributed by atoms with Gasteiger partial charge in [-0.05, 0) is 31.0 Å². The van der Waals surface area contributed by atoms with Crippen molar-refractivity contribution in [3.8, 4) is 0 Å². The maximum absolute atomic E-state index is 12.3. The molecular weight excluding hydrogens is 310 g/mol. The predicted molar refractivity (Wildman–Crippen MR) is 90.5 cm³/mol. The minimum atomic E-state index is -0.425. The summed E-state index contributed by atoms with van der Waals surface area (Å²) < 4.78 is 8.07. The van der Waals surface area contributed by atoms with Gasteiger partial charge in [-0.25, -0.2) is 0 Å². The Labute approximate surface area is 137 Å². The second kappa shape index (κ2) is 6.34. The van der Waals surface area contributed by atoms with Crippen LogP contribution in [0.15, 0.2) is 46.4 Å². The van der Waals surface area contributed by atoms with Crippen LogP contribution in [0.1, 0.15) is 28.7 Å². The molecule has 0 bridgehead atoms. The summed E-state index contributed by atoms with van der Waals surface area (Å²) in [5.74, 6) is -0.273. The number of hydrogen-bond donors (Lipinski definition) is 0. The lowest BCUT2D eigenvalue weighted by molar-refractivity contribution is 0.0962. The molecule has 0 aliphatic rings. The largest absolute Gasteiger partial charge is 0.351 e. The lowest BCUT2D eigenvalue weighted by Crippen LogP contribution is -2.16. The SMILES string of the molecule is C=CCn1c(=NC(=O)c2cc(C)no2)sc2cc(CC)ccc21. The molecule has 0 aliphatic carbocycles. The summed E-state index contributed by atoms with van der Waals surface area (Å²) in [7, 11) is 0. The van der Waals surface area contributed by atoms with E-state index in [2.05, 4.69) is 41.9 Å². The van der Waals surface area contributed by atoms with E-state index in [1.165, 1.54) is 16.9 Å². The quantitative estimate of drug-likeness (QED) is 0.689. The topological polar surface area (TPSA) is 60.4 Å². The summed E-state index contributed by atoms with van der Waals surface area (Å²) >= 11 is 1.49. The van der Waals surface area contributed by atoms with Gasteiger partial charge in [0.1, 0.15) is 0 Å². The van der Waals surface area contributed by atoms with Crippen LogP contribution in [-0.4, -0.2) is 15.6 Å². The molecular formula is C17H17N3O2S. The van der Waals surface area contributed by atoms with Gasteiger partial charge in [0.2, 0.25) is 5.76 Å². The van der Waals surface area contributed by atoms with Crippen molar-refractivity contribution in [2.45, 2.75) is 26.8 Å². The molecule has 2 aromatic heterocycles. The van der Waals surface area contributed by atoms with Crippen molar-refractivity contribution < 1.29 is 9.32 Å².